The molecule has 0 unspecified atom stereocenters. The van der Waals surface area contributed by atoms with Gasteiger partial charge in [0.05, 0.1) is 10.5 Å². The normalized spacial score (nSPS) is 14.9. The average molecular weight is 476 g/mol. The zero-order valence-corrected chi connectivity index (χ0v) is 19.0. The summed E-state index contributed by atoms with van der Waals surface area (Å²) in [7, 11) is -3.67. The van der Waals surface area contributed by atoms with Crippen molar-refractivity contribution in [2.24, 2.45) is 0 Å². The lowest BCUT2D eigenvalue weighted by atomic mass is 10.1. The molecule has 0 aliphatic carbocycles. The lowest BCUT2D eigenvalue weighted by molar-refractivity contribution is 0.0429. The summed E-state index contributed by atoms with van der Waals surface area (Å²) in [5.74, 6) is -0.208. The van der Waals surface area contributed by atoms with Gasteiger partial charge in [0, 0.05) is 23.7 Å². The minimum atomic E-state index is -3.67. The van der Waals surface area contributed by atoms with E-state index in [1.54, 1.807) is 43.3 Å². The van der Waals surface area contributed by atoms with E-state index in [2.05, 4.69) is 10.1 Å². The Morgan fingerprint density at radius 1 is 1.12 bits per heavy atom. The van der Waals surface area contributed by atoms with Gasteiger partial charge >= 0.3 is 5.97 Å². The maximum Gasteiger partial charge on any atom is 0.338 e. The number of rotatable bonds is 6. The van der Waals surface area contributed by atoms with E-state index in [1.165, 1.54) is 10.4 Å². The smallest absolute Gasteiger partial charge is 0.338 e. The number of halogens is 1. The standard InChI is InChI=1S/C22H22ClN3O5S/c1-15-5-6-17(13-19(15)32(28,29)26-11-3-2-4-12-26)22(27)30-14-20-24-21(25-31-20)16-7-9-18(23)10-8-16/h5-10,13H,2-4,11-12,14H2,1H3. The monoisotopic (exact) mass is 475 g/mol. The van der Waals surface area contributed by atoms with Crippen molar-refractivity contribution >= 4 is 27.6 Å². The van der Waals surface area contributed by atoms with Crippen molar-refractivity contribution in [3.8, 4) is 11.4 Å². The number of carbonyl (C=O) groups is 1. The number of esters is 1. The third-order valence-corrected chi connectivity index (χ3v) is 7.55. The van der Waals surface area contributed by atoms with Crippen molar-refractivity contribution in [1.29, 1.82) is 0 Å². The molecule has 1 aliphatic rings. The Balaban J connectivity index is 1.46. The molecule has 0 bridgehead atoms. The molecular formula is C22H22ClN3O5S. The predicted molar refractivity (Wildman–Crippen MR) is 118 cm³/mol. The number of ether oxygens (including phenoxy) is 1. The van der Waals surface area contributed by atoms with Gasteiger partial charge in [0.2, 0.25) is 15.8 Å². The first-order valence-corrected chi connectivity index (χ1v) is 12.0. The highest BCUT2D eigenvalue weighted by Crippen LogP contribution is 2.25. The van der Waals surface area contributed by atoms with E-state index >= 15 is 0 Å². The summed E-state index contributed by atoms with van der Waals surface area (Å²) >= 11 is 5.88. The first-order chi connectivity index (χ1) is 15.3. The second kappa shape index (κ2) is 9.40. The third kappa shape index (κ3) is 4.85. The summed E-state index contributed by atoms with van der Waals surface area (Å²) in [6, 6.07) is 11.4. The van der Waals surface area contributed by atoms with Gasteiger partial charge < -0.3 is 9.26 Å². The predicted octanol–water partition coefficient (Wildman–Crippen LogP) is 4.23. The lowest BCUT2D eigenvalue weighted by Crippen LogP contribution is -2.36. The van der Waals surface area contributed by atoms with E-state index in [0.29, 0.717) is 35.1 Å². The molecule has 1 saturated heterocycles. The Morgan fingerprint density at radius 2 is 1.84 bits per heavy atom. The van der Waals surface area contributed by atoms with Gasteiger partial charge in [-0.3, -0.25) is 0 Å². The van der Waals surface area contributed by atoms with Crippen LogP contribution in [-0.2, 0) is 21.4 Å². The zero-order valence-electron chi connectivity index (χ0n) is 17.5. The van der Waals surface area contributed by atoms with E-state index in [0.717, 1.165) is 19.3 Å². The molecule has 32 heavy (non-hydrogen) atoms. The van der Waals surface area contributed by atoms with Gasteiger partial charge in [-0.15, -0.1) is 0 Å². The van der Waals surface area contributed by atoms with Crippen LogP contribution in [0.3, 0.4) is 0 Å². The number of sulfonamides is 1. The molecule has 0 saturated carbocycles. The zero-order chi connectivity index (χ0) is 22.7. The number of benzene rings is 2. The van der Waals surface area contributed by atoms with Crippen molar-refractivity contribution in [1.82, 2.24) is 14.4 Å². The van der Waals surface area contributed by atoms with E-state index in [9.17, 15) is 13.2 Å². The number of nitrogens with zero attached hydrogens (tertiary/aromatic N) is 3. The van der Waals surface area contributed by atoms with Crippen LogP contribution in [0.25, 0.3) is 11.4 Å². The molecule has 2 aromatic carbocycles. The molecule has 8 nitrogen and oxygen atoms in total. The van der Waals surface area contributed by atoms with Crippen molar-refractivity contribution < 1.29 is 22.5 Å². The summed E-state index contributed by atoms with van der Waals surface area (Å²) in [6.45, 7) is 2.46. The van der Waals surface area contributed by atoms with E-state index in [1.807, 2.05) is 0 Å². The summed E-state index contributed by atoms with van der Waals surface area (Å²) < 4.78 is 38.0. The van der Waals surface area contributed by atoms with Gasteiger partial charge in [0.25, 0.3) is 5.89 Å². The SMILES string of the molecule is Cc1ccc(C(=O)OCc2nc(-c3ccc(Cl)cc3)no2)cc1S(=O)(=O)N1CCCCC1. The van der Waals surface area contributed by atoms with Crippen molar-refractivity contribution in [3.63, 3.8) is 0 Å². The summed E-state index contributed by atoms with van der Waals surface area (Å²) in [5.41, 5.74) is 1.43. The molecule has 1 aromatic heterocycles. The molecule has 0 atom stereocenters. The van der Waals surface area contributed by atoms with Crippen LogP contribution in [0.4, 0.5) is 0 Å². The fraction of sp³-hybridized carbons (Fsp3) is 0.318. The minimum Gasteiger partial charge on any atom is -0.452 e. The largest absolute Gasteiger partial charge is 0.452 e. The highest BCUT2D eigenvalue weighted by atomic mass is 35.5. The maximum atomic E-state index is 13.1. The number of aromatic nitrogens is 2. The van der Waals surface area contributed by atoms with E-state index in [4.69, 9.17) is 20.9 Å². The summed E-state index contributed by atoms with van der Waals surface area (Å²) in [6.07, 6.45) is 2.69. The number of aryl methyl sites for hydroxylation is 1. The molecule has 4 rings (SSSR count). The lowest BCUT2D eigenvalue weighted by Gasteiger charge is -2.26. The van der Waals surface area contributed by atoms with Gasteiger partial charge in [-0.1, -0.05) is 29.2 Å². The summed E-state index contributed by atoms with van der Waals surface area (Å²) in [4.78, 5) is 16.9. The topological polar surface area (TPSA) is 103 Å². The quantitative estimate of drug-likeness (QED) is 0.491. The van der Waals surface area contributed by atoms with Gasteiger partial charge in [-0.25, -0.2) is 13.2 Å². The van der Waals surface area contributed by atoms with Gasteiger partial charge in [0.1, 0.15) is 0 Å². The minimum absolute atomic E-state index is 0.122. The van der Waals surface area contributed by atoms with Crippen LogP contribution in [-0.4, -0.2) is 41.9 Å². The van der Waals surface area contributed by atoms with Crippen LogP contribution < -0.4 is 0 Å². The number of piperidine rings is 1. The maximum absolute atomic E-state index is 13.1. The highest BCUT2D eigenvalue weighted by molar-refractivity contribution is 7.89. The Hall–Kier alpha value is -2.75. The molecule has 2 heterocycles. The molecule has 1 fully saturated rings. The highest BCUT2D eigenvalue weighted by Gasteiger charge is 2.28. The summed E-state index contributed by atoms with van der Waals surface area (Å²) in [5, 5.41) is 4.46. The van der Waals surface area contributed by atoms with Crippen molar-refractivity contribution in [2.45, 2.75) is 37.7 Å². The van der Waals surface area contributed by atoms with E-state index in [-0.39, 0.29) is 23.0 Å². The number of carbonyl (C=O) groups excluding carboxylic acids is 1. The second-order valence-electron chi connectivity index (χ2n) is 7.54. The van der Waals surface area contributed by atoms with Crippen molar-refractivity contribution in [3.05, 3.63) is 64.5 Å². The Bertz CT molecular complexity index is 1220. The van der Waals surface area contributed by atoms with Gasteiger partial charge in [-0.05, 0) is 61.7 Å². The molecule has 0 N–H and O–H groups in total. The Morgan fingerprint density at radius 3 is 2.56 bits per heavy atom. The molecule has 168 valence electrons. The average Bonchev–Trinajstić information content (AvgIpc) is 3.28. The van der Waals surface area contributed by atoms with Gasteiger partial charge in [0.15, 0.2) is 6.61 Å². The third-order valence-electron chi connectivity index (χ3n) is 5.25. The molecule has 10 heteroatoms. The molecule has 0 amide bonds. The van der Waals surface area contributed by atoms with Crippen LogP contribution in [0.5, 0.6) is 0 Å². The molecule has 0 spiro atoms. The van der Waals surface area contributed by atoms with E-state index < -0.39 is 16.0 Å². The second-order valence-corrected chi connectivity index (χ2v) is 9.88. The molecule has 1 aliphatic heterocycles. The molecule has 3 aromatic rings. The van der Waals surface area contributed by atoms with Crippen LogP contribution >= 0.6 is 11.6 Å². The van der Waals surface area contributed by atoms with Crippen LogP contribution in [0, 0.1) is 6.92 Å². The Labute approximate surface area is 191 Å². The first kappa shape index (κ1) is 22.4. The fourth-order valence-electron chi connectivity index (χ4n) is 3.49. The number of hydrogen-bond donors (Lipinski definition) is 0. The molecular weight excluding hydrogens is 454 g/mol. The molecule has 0 radical (unpaired) electrons. The Kier molecular flexibility index (Phi) is 6.59. The first-order valence-electron chi connectivity index (χ1n) is 10.2. The van der Waals surface area contributed by atoms with Crippen LogP contribution in [0.15, 0.2) is 51.9 Å². The van der Waals surface area contributed by atoms with Crippen molar-refractivity contribution in [2.75, 3.05) is 13.1 Å². The number of hydrogen-bond acceptors (Lipinski definition) is 7. The van der Waals surface area contributed by atoms with Gasteiger partial charge in [-0.2, -0.15) is 9.29 Å². The fourth-order valence-corrected chi connectivity index (χ4v) is 5.38. The van der Waals surface area contributed by atoms with Crippen LogP contribution in [0.2, 0.25) is 5.02 Å². The van der Waals surface area contributed by atoms with Crippen LogP contribution in [0.1, 0.15) is 41.1 Å².